The van der Waals surface area contributed by atoms with Gasteiger partial charge in [0.1, 0.15) is 23.4 Å². The Morgan fingerprint density at radius 1 is 1.27 bits per heavy atom. The van der Waals surface area contributed by atoms with Crippen LogP contribution in [-0.2, 0) is 0 Å². The van der Waals surface area contributed by atoms with Crippen molar-refractivity contribution in [1.29, 1.82) is 5.26 Å². The number of aliphatic hydroxyl groups excluding tert-OH is 2. The molecule has 4 nitrogen and oxygen atoms in total. The second-order valence-corrected chi connectivity index (χ2v) is 2.92. The van der Waals surface area contributed by atoms with Crippen molar-refractivity contribution in [2.24, 2.45) is 0 Å². The molecule has 0 amide bonds. The maximum absolute atomic E-state index is 12.9. The standard InChI is InChI=1S/C9H8F2N2O2/c10-5-1-4(2-6(11)8(5)13)9(15)7(14)3-12/h1-2,7,9,14-15H,13H2. The summed E-state index contributed by atoms with van der Waals surface area (Å²) in [6.45, 7) is 0. The van der Waals surface area contributed by atoms with Crippen LogP contribution < -0.4 is 5.73 Å². The van der Waals surface area contributed by atoms with E-state index in [0.717, 1.165) is 12.1 Å². The normalized spacial score (nSPS) is 14.3. The number of nitriles is 1. The lowest BCUT2D eigenvalue weighted by Gasteiger charge is -2.12. The Labute approximate surface area is 84.2 Å². The Morgan fingerprint density at radius 3 is 2.13 bits per heavy atom. The number of nitrogens with two attached hydrogens (primary N) is 1. The lowest BCUT2D eigenvalue weighted by molar-refractivity contribution is 0.0524. The van der Waals surface area contributed by atoms with Gasteiger partial charge in [0.25, 0.3) is 0 Å². The molecule has 1 aromatic carbocycles. The number of halogens is 2. The van der Waals surface area contributed by atoms with Gasteiger partial charge in [-0.3, -0.25) is 0 Å². The average molecular weight is 214 g/mol. The van der Waals surface area contributed by atoms with Gasteiger partial charge in [-0.05, 0) is 17.7 Å². The van der Waals surface area contributed by atoms with Crippen LogP contribution in [0.25, 0.3) is 0 Å². The highest BCUT2D eigenvalue weighted by molar-refractivity contribution is 5.44. The molecule has 1 rings (SSSR count). The van der Waals surface area contributed by atoms with Crippen LogP contribution in [0.2, 0.25) is 0 Å². The summed E-state index contributed by atoms with van der Waals surface area (Å²) in [5, 5.41) is 26.5. The molecule has 0 aliphatic heterocycles. The summed E-state index contributed by atoms with van der Waals surface area (Å²) < 4.78 is 25.9. The third-order valence-corrected chi connectivity index (χ3v) is 1.87. The number of nitrogens with zero attached hydrogens (tertiary/aromatic N) is 1. The SMILES string of the molecule is N#CC(O)C(O)c1cc(F)c(N)c(F)c1. The first-order valence-corrected chi connectivity index (χ1v) is 3.97. The molecule has 0 aliphatic carbocycles. The lowest BCUT2D eigenvalue weighted by atomic mass is 10.0. The molecule has 0 aliphatic rings. The average Bonchev–Trinajstić information content (AvgIpc) is 2.23. The van der Waals surface area contributed by atoms with E-state index in [0.29, 0.717) is 0 Å². The minimum atomic E-state index is -1.74. The number of aliphatic hydroxyl groups is 2. The maximum atomic E-state index is 12.9. The van der Waals surface area contributed by atoms with Crippen LogP contribution in [0.15, 0.2) is 12.1 Å². The van der Waals surface area contributed by atoms with Gasteiger partial charge in [-0.25, -0.2) is 8.78 Å². The van der Waals surface area contributed by atoms with Crippen LogP contribution in [0.1, 0.15) is 11.7 Å². The van der Waals surface area contributed by atoms with Crippen LogP contribution in [0, 0.1) is 23.0 Å². The van der Waals surface area contributed by atoms with Crippen molar-refractivity contribution in [3.63, 3.8) is 0 Å². The fourth-order valence-electron chi connectivity index (χ4n) is 1.03. The van der Waals surface area contributed by atoms with E-state index in [9.17, 15) is 13.9 Å². The first-order chi connectivity index (χ1) is 6.97. The first-order valence-electron chi connectivity index (χ1n) is 3.97. The predicted molar refractivity (Wildman–Crippen MR) is 47.4 cm³/mol. The van der Waals surface area contributed by atoms with Gasteiger partial charge in [0.05, 0.1) is 6.07 Å². The first kappa shape index (κ1) is 11.4. The molecule has 80 valence electrons. The van der Waals surface area contributed by atoms with Crippen molar-refractivity contribution in [3.8, 4) is 6.07 Å². The minimum absolute atomic E-state index is 0.242. The van der Waals surface area contributed by atoms with Crippen molar-refractivity contribution < 1.29 is 19.0 Å². The molecule has 0 heterocycles. The predicted octanol–water partition coefficient (Wildman–Crippen LogP) is 0.465. The Balaban J connectivity index is 3.12. The Bertz CT molecular complexity index is 394. The molecule has 0 saturated carbocycles. The zero-order chi connectivity index (χ0) is 11.6. The molecule has 0 fully saturated rings. The lowest BCUT2D eigenvalue weighted by Crippen LogP contribution is -2.16. The van der Waals surface area contributed by atoms with Crippen molar-refractivity contribution in [3.05, 3.63) is 29.3 Å². The van der Waals surface area contributed by atoms with Crippen LogP contribution in [0.4, 0.5) is 14.5 Å². The quantitative estimate of drug-likeness (QED) is 0.493. The summed E-state index contributed by atoms with van der Waals surface area (Å²) >= 11 is 0. The van der Waals surface area contributed by atoms with Gasteiger partial charge in [-0.15, -0.1) is 0 Å². The van der Waals surface area contributed by atoms with E-state index in [1.807, 2.05) is 0 Å². The zero-order valence-corrected chi connectivity index (χ0v) is 7.48. The molecular formula is C9H8F2N2O2. The molecule has 0 aromatic heterocycles. The fraction of sp³-hybridized carbons (Fsp3) is 0.222. The van der Waals surface area contributed by atoms with E-state index < -0.39 is 29.5 Å². The summed E-state index contributed by atoms with van der Waals surface area (Å²) in [6.07, 6.45) is -3.41. The minimum Gasteiger partial charge on any atom is -0.394 e. The second kappa shape index (κ2) is 4.21. The highest BCUT2D eigenvalue weighted by atomic mass is 19.1. The molecule has 2 unspecified atom stereocenters. The topological polar surface area (TPSA) is 90.3 Å². The van der Waals surface area contributed by atoms with Gasteiger partial charge in [0, 0.05) is 0 Å². The van der Waals surface area contributed by atoms with Crippen LogP contribution in [0.3, 0.4) is 0 Å². The summed E-state index contributed by atoms with van der Waals surface area (Å²) in [5.74, 6) is -2.09. The Hall–Kier alpha value is -1.71. The number of rotatable bonds is 2. The highest BCUT2D eigenvalue weighted by Gasteiger charge is 2.20. The van der Waals surface area contributed by atoms with E-state index in [4.69, 9.17) is 16.1 Å². The molecule has 2 atom stereocenters. The number of nitrogen functional groups attached to an aromatic ring is 1. The third-order valence-electron chi connectivity index (χ3n) is 1.87. The van der Waals surface area contributed by atoms with Gasteiger partial charge in [0.2, 0.25) is 0 Å². The number of hydrogen-bond donors (Lipinski definition) is 3. The number of anilines is 1. The van der Waals surface area contributed by atoms with E-state index in [1.54, 1.807) is 0 Å². The molecule has 4 N–H and O–H groups in total. The van der Waals surface area contributed by atoms with E-state index >= 15 is 0 Å². The Kier molecular flexibility index (Phi) is 3.19. The second-order valence-electron chi connectivity index (χ2n) is 2.92. The smallest absolute Gasteiger partial charge is 0.170 e. The molecule has 0 spiro atoms. The number of benzene rings is 1. The molecule has 0 radical (unpaired) electrons. The van der Waals surface area contributed by atoms with Gasteiger partial charge in [-0.1, -0.05) is 0 Å². The fourth-order valence-corrected chi connectivity index (χ4v) is 1.03. The molecular weight excluding hydrogens is 206 g/mol. The van der Waals surface area contributed by atoms with Gasteiger partial charge < -0.3 is 15.9 Å². The zero-order valence-electron chi connectivity index (χ0n) is 7.48. The van der Waals surface area contributed by atoms with Crippen LogP contribution in [0.5, 0.6) is 0 Å². The van der Waals surface area contributed by atoms with Crippen LogP contribution in [-0.4, -0.2) is 16.3 Å². The maximum Gasteiger partial charge on any atom is 0.170 e. The summed E-state index contributed by atoms with van der Waals surface area (Å²) in [6, 6.07) is 2.88. The molecule has 6 heteroatoms. The van der Waals surface area contributed by atoms with E-state index in [1.165, 1.54) is 6.07 Å². The number of hydrogen-bond acceptors (Lipinski definition) is 4. The van der Waals surface area contributed by atoms with Gasteiger partial charge >= 0.3 is 0 Å². The largest absolute Gasteiger partial charge is 0.394 e. The van der Waals surface area contributed by atoms with Gasteiger partial charge in [-0.2, -0.15) is 5.26 Å². The molecule has 0 bridgehead atoms. The summed E-state index contributed by atoms with van der Waals surface area (Å²) in [4.78, 5) is 0. The Morgan fingerprint density at radius 2 is 1.73 bits per heavy atom. The summed E-state index contributed by atoms with van der Waals surface area (Å²) in [5.41, 5.74) is 4.09. The van der Waals surface area contributed by atoms with Crippen molar-refractivity contribution in [2.75, 3.05) is 5.73 Å². The van der Waals surface area contributed by atoms with E-state index in [-0.39, 0.29) is 5.56 Å². The van der Waals surface area contributed by atoms with E-state index in [2.05, 4.69) is 0 Å². The van der Waals surface area contributed by atoms with Gasteiger partial charge in [0.15, 0.2) is 6.10 Å². The highest BCUT2D eigenvalue weighted by Crippen LogP contribution is 2.23. The third kappa shape index (κ3) is 2.21. The molecule has 15 heavy (non-hydrogen) atoms. The molecule has 1 aromatic rings. The summed E-state index contributed by atoms with van der Waals surface area (Å²) in [7, 11) is 0. The monoisotopic (exact) mass is 214 g/mol. The van der Waals surface area contributed by atoms with Crippen LogP contribution >= 0.6 is 0 Å². The molecule has 0 saturated heterocycles. The van der Waals surface area contributed by atoms with Crippen molar-refractivity contribution in [2.45, 2.75) is 12.2 Å². The van der Waals surface area contributed by atoms with Crippen molar-refractivity contribution in [1.82, 2.24) is 0 Å². The van der Waals surface area contributed by atoms with Crippen molar-refractivity contribution >= 4 is 5.69 Å².